The van der Waals surface area contributed by atoms with E-state index in [4.69, 9.17) is 4.99 Å². The van der Waals surface area contributed by atoms with Gasteiger partial charge in [0.25, 0.3) is 11.8 Å². The van der Waals surface area contributed by atoms with Gasteiger partial charge in [-0.15, -0.1) is 10.2 Å². The zero-order valence-electron chi connectivity index (χ0n) is 27.9. The molecule has 1 aromatic heterocycles. The molecule has 0 radical (unpaired) electrons. The van der Waals surface area contributed by atoms with Crippen LogP contribution in [-0.2, 0) is 24.3 Å². The van der Waals surface area contributed by atoms with Crippen molar-refractivity contribution in [3.05, 3.63) is 76.6 Å². The van der Waals surface area contributed by atoms with E-state index < -0.39 is 5.66 Å². The van der Waals surface area contributed by atoms with Crippen LogP contribution in [-0.4, -0.2) is 60.3 Å². The minimum atomic E-state index is -0.562. The first kappa shape index (κ1) is 31.9. The monoisotopic (exact) mass is 624 g/mol. The van der Waals surface area contributed by atoms with Gasteiger partial charge in [-0.25, -0.2) is 4.99 Å². The van der Waals surface area contributed by atoms with Crippen molar-refractivity contribution in [2.24, 2.45) is 22.2 Å². The summed E-state index contributed by atoms with van der Waals surface area (Å²) in [4.78, 5) is 37.5. The number of nitrogens with one attached hydrogen (secondary N) is 2. The quantitative estimate of drug-likeness (QED) is 0.325. The second-order valence-electron chi connectivity index (χ2n) is 14.8. The lowest BCUT2D eigenvalue weighted by atomic mass is 9.69. The smallest absolute Gasteiger partial charge is 0.291 e. The summed E-state index contributed by atoms with van der Waals surface area (Å²) >= 11 is 0. The molecule has 10 heteroatoms. The molecule has 3 aliphatic rings. The number of benzene rings is 2. The molecule has 1 saturated carbocycles. The van der Waals surface area contributed by atoms with Gasteiger partial charge < -0.3 is 15.1 Å². The predicted octanol–water partition coefficient (Wildman–Crippen LogP) is 5.84. The first-order valence-corrected chi connectivity index (χ1v) is 16.9. The molecular weight excluding hydrogens is 576 g/mol. The van der Waals surface area contributed by atoms with Gasteiger partial charge in [-0.3, -0.25) is 9.59 Å². The summed E-state index contributed by atoms with van der Waals surface area (Å²) in [5.41, 5.74) is 3.88. The molecule has 10 nitrogen and oxygen atoms in total. The number of H-pyrrole nitrogens is 1. The van der Waals surface area contributed by atoms with E-state index in [-0.39, 0.29) is 29.8 Å². The number of aromatic nitrogens is 4. The summed E-state index contributed by atoms with van der Waals surface area (Å²) in [6.07, 6.45) is 6.55. The molecule has 244 valence electrons. The number of hydrogen-bond acceptors (Lipinski definition) is 7. The van der Waals surface area contributed by atoms with Crippen molar-refractivity contribution in [3.63, 3.8) is 0 Å². The van der Waals surface area contributed by atoms with Gasteiger partial charge in [-0.1, -0.05) is 76.2 Å². The maximum Gasteiger partial charge on any atom is 0.291 e. The SMILES string of the molecule is CC(C)CC[C@H](c1ccc(C(=O)NCc2nn[nH]n2)cc1)N1C(=O)C(N2CCc3ccccc3C2)=NC12CCC(C(C)(C)C)CC2. The highest BCUT2D eigenvalue weighted by Gasteiger charge is 2.53. The number of amidine groups is 1. The molecule has 1 spiro atoms. The number of hydrogen-bond donors (Lipinski definition) is 2. The molecule has 2 N–H and O–H groups in total. The van der Waals surface area contributed by atoms with Crippen LogP contribution in [0.5, 0.6) is 0 Å². The molecule has 1 atom stereocenters. The van der Waals surface area contributed by atoms with Gasteiger partial charge in [-0.05, 0) is 91.0 Å². The van der Waals surface area contributed by atoms with Crippen LogP contribution < -0.4 is 5.32 Å². The Bertz CT molecular complexity index is 1550. The van der Waals surface area contributed by atoms with Gasteiger partial charge in [0.1, 0.15) is 5.66 Å². The third kappa shape index (κ3) is 6.57. The van der Waals surface area contributed by atoms with Crippen LogP contribution in [0.15, 0.2) is 53.5 Å². The zero-order chi connectivity index (χ0) is 32.5. The van der Waals surface area contributed by atoms with E-state index in [0.29, 0.717) is 35.6 Å². The minimum absolute atomic E-state index is 0.0456. The minimum Gasteiger partial charge on any atom is -0.348 e. The largest absolute Gasteiger partial charge is 0.348 e. The van der Waals surface area contributed by atoms with E-state index in [1.54, 1.807) is 0 Å². The van der Waals surface area contributed by atoms with E-state index >= 15 is 0 Å². The Hall–Kier alpha value is -4.08. The maximum atomic E-state index is 14.8. The van der Waals surface area contributed by atoms with Crippen molar-refractivity contribution >= 4 is 17.6 Å². The highest BCUT2D eigenvalue weighted by molar-refractivity contribution is 6.39. The highest BCUT2D eigenvalue weighted by atomic mass is 16.2. The third-order valence-corrected chi connectivity index (χ3v) is 10.3. The van der Waals surface area contributed by atoms with Crippen LogP contribution in [0.25, 0.3) is 0 Å². The van der Waals surface area contributed by atoms with Crippen LogP contribution in [0.2, 0.25) is 0 Å². The van der Waals surface area contributed by atoms with E-state index in [1.165, 1.54) is 11.1 Å². The standard InChI is InChI=1S/C36H48N8O2/c1-24(2)10-15-30(26-11-13-27(14-12-26)33(45)37-22-31-39-41-42-40-31)44-34(46)32(43-21-18-25-8-6-7-9-28(25)23-43)38-36(44)19-16-29(17-20-36)35(3,4)5/h6-9,11-14,24,29-30H,10,15-23H2,1-5H3,(H,37,45)(H,39,40,41,42)/t29?,30-,36?/m1/s1. The molecule has 2 amide bonds. The van der Waals surface area contributed by atoms with Gasteiger partial charge in [0.15, 0.2) is 11.7 Å². The van der Waals surface area contributed by atoms with Crippen molar-refractivity contribution in [3.8, 4) is 0 Å². The number of fused-ring (bicyclic) bond motifs is 1. The molecule has 0 saturated heterocycles. The molecule has 46 heavy (non-hydrogen) atoms. The number of nitrogens with zero attached hydrogens (tertiary/aromatic N) is 6. The Kier molecular flexibility index (Phi) is 8.99. The van der Waals surface area contributed by atoms with Crippen LogP contribution in [0.3, 0.4) is 0 Å². The van der Waals surface area contributed by atoms with E-state index in [1.807, 2.05) is 24.3 Å². The summed E-state index contributed by atoms with van der Waals surface area (Å²) in [5.74, 6) is 1.96. The maximum absolute atomic E-state index is 14.8. The van der Waals surface area contributed by atoms with Crippen molar-refractivity contribution in [1.82, 2.24) is 35.7 Å². The average molecular weight is 625 g/mol. The van der Waals surface area contributed by atoms with E-state index in [2.05, 4.69) is 94.6 Å². The lowest BCUT2D eigenvalue weighted by molar-refractivity contribution is -0.134. The zero-order valence-corrected chi connectivity index (χ0v) is 27.9. The Morgan fingerprint density at radius 2 is 1.76 bits per heavy atom. The predicted molar refractivity (Wildman–Crippen MR) is 178 cm³/mol. The summed E-state index contributed by atoms with van der Waals surface area (Å²) in [6.45, 7) is 13.2. The van der Waals surface area contributed by atoms with Crippen molar-refractivity contribution in [2.45, 2.75) is 104 Å². The molecule has 0 bridgehead atoms. The second kappa shape index (κ2) is 13.0. The normalized spacial score (nSPS) is 22.3. The Morgan fingerprint density at radius 1 is 1.04 bits per heavy atom. The fourth-order valence-electron chi connectivity index (χ4n) is 7.52. The van der Waals surface area contributed by atoms with Gasteiger partial charge in [0.05, 0.1) is 12.6 Å². The van der Waals surface area contributed by atoms with E-state index in [9.17, 15) is 9.59 Å². The van der Waals surface area contributed by atoms with Crippen molar-refractivity contribution in [2.75, 3.05) is 6.54 Å². The number of tetrazole rings is 1. The summed E-state index contributed by atoms with van der Waals surface area (Å²) < 4.78 is 0. The molecule has 2 aromatic carbocycles. The number of amides is 2. The van der Waals surface area contributed by atoms with Crippen LogP contribution in [0, 0.1) is 17.3 Å². The fourth-order valence-corrected chi connectivity index (χ4v) is 7.52. The van der Waals surface area contributed by atoms with Crippen LogP contribution >= 0.6 is 0 Å². The van der Waals surface area contributed by atoms with Crippen LogP contribution in [0.1, 0.15) is 112 Å². The second-order valence-corrected chi connectivity index (χ2v) is 14.8. The summed E-state index contributed by atoms with van der Waals surface area (Å²) in [5, 5.41) is 16.6. The molecule has 6 rings (SSSR count). The number of carbonyl (C=O) groups is 2. The number of carbonyl (C=O) groups excluding carboxylic acids is 2. The molecule has 0 unspecified atom stereocenters. The van der Waals surface area contributed by atoms with Gasteiger partial charge in [0, 0.05) is 18.7 Å². The highest BCUT2D eigenvalue weighted by Crippen LogP contribution is 2.50. The van der Waals surface area contributed by atoms with Gasteiger partial charge in [0.2, 0.25) is 0 Å². The Balaban J connectivity index is 1.31. The molecule has 1 fully saturated rings. The summed E-state index contributed by atoms with van der Waals surface area (Å²) in [7, 11) is 0. The first-order chi connectivity index (χ1) is 22.0. The molecule has 3 aromatic rings. The van der Waals surface area contributed by atoms with Gasteiger partial charge in [-0.2, -0.15) is 5.21 Å². The molecule has 1 aliphatic carbocycles. The van der Waals surface area contributed by atoms with E-state index in [0.717, 1.165) is 57.1 Å². The number of aliphatic imine (C=N–C) groups is 1. The Morgan fingerprint density at radius 3 is 2.41 bits per heavy atom. The molecular formula is C36H48N8O2. The topological polar surface area (TPSA) is 119 Å². The summed E-state index contributed by atoms with van der Waals surface area (Å²) in [6, 6.07) is 16.2. The van der Waals surface area contributed by atoms with Crippen molar-refractivity contribution in [1.29, 1.82) is 0 Å². The lowest BCUT2D eigenvalue weighted by Crippen LogP contribution is -2.52. The van der Waals surface area contributed by atoms with Crippen molar-refractivity contribution < 1.29 is 9.59 Å². The fraction of sp³-hybridized carbons (Fsp3) is 0.556. The van der Waals surface area contributed by atoms with Gasteiger partial charge >= 0.3 is 0 Å². The Labute approximate surface area is 272 Å². The average Bonchev–Trinajstić information content (AvgIpc) is 3.66. The first-order valence-electron chi connectivity index (χ1n) is 16.9. The molecule has 3 heterocycles. The van der Waals surface area contributed by atoms with Crippen LogP contribution in [0.4, 0.5) is 0 Å². The lowest BCUT2D eigenvalue weighted by Gasteiger charge is -2.47. The molecule has 2 aliphatic heterocycles. The number of rotatable bonds is 8. The third-order valence-electron chi connectivity index (χ3n) is 10.3. The number of aromatic amines is 1.